The van der Waals surface area contributed by atoms with E-state index in [2.05, 4.69) is 169 Å². The molecule has 2 heterocycles. The Balaban J connectivity index is 1.26. The Bertz CT molecular complexity index is 2860. The second-order valence-electron chi connectivity index (χ2n) is 12.5. The number of rotatable bonds is 5. The average molecular weight is 644 g/mol. The molecule has 0 unspecified atom stereocenters. The van der Waals surface area contributed by atoms with Gasteiger partial charge in [0.2, 0.25) is 0 Å². The molecule has 8 aromatic carbocycles. The zero-order valence-electron chi connectivity index (χ0n) is 26.5. The Kier molecular flexibility index (Phi) is 6.39. The summed E-state index contributed by atoms with van der Waals surface area (Å²) < 4.78 is 8.94. The molecule has 0 fully saturated rings. The predicted octanol–water partition coefficient (Wildman–Crippen LogP) is 13.9. The van der Waals surface area contributed by atoms with Gasteiger partial charge in [0.1, 0.15) is 11.2 Å². The van der Waals surface area contributed by atoms with E-state index in [9.17, 15) is 0 Å². The number of thiophene rings is 1. The van der Waals surface area contributed by atoms with Gasteiger partial charge < -0.3 is 9.32 Å². The highest BCUT2D eigenvalue weighted by atomic mass is 32.1. The molecule has 0 saturated carbocycles. The van der Waals surface area contributed by atoms with Gasteiger partial charge in [0.05, 0.1) is 17.1 Å². The van der Waals surface area contributed by atoms with E-state index in [0.29, 0.717) is 0 Å². The topological polar surface area (TPSA) is 16.4 Å². The van der Waals surface area contributed by atoms with Gasteiger partial charge in [-0.3, -0.25) is 0 Å². The lowest BCUT2D eigenvalue weighted by atomic mass is 9.96. The van der Waals surface area contributed by atoms with E-state index in [1.807, 2.05) is 23.5 Å². The normalized spacial score (nSPS) is 11.7. The molecule has 2 nitrogen and oxygen atoms in total. The van der Waals surface area contributed by atoms with E-state index in [-0.39, 0.29) is 0 Å². The SMILES string of the molecule is c1ccc(N(c2ccccc2-c2ccc3c(c2)oc2ccccc23)c2cccc3sc4ccccc4c23)c(-c2ccc3ccccc3c2)c1. The molecule has 0 bridgehead atoms. The molecular weight excluding hydrogens is 615 g/mol. The maximum atomic E-state index is 6.38. The van der Waals surface area contributed by atoms with Crippen LogP contribution < -0.4 is 4.90 Å². The summed E-state index contributed by atoms with van der Waals surface area (Å²) in [6, 6.07) is 63.4. The lowest BCUT2D eigenvalue weighted by Crippen LogP contribution is -2.12. The Hall–Kier alpha value is -6.16. The molecule has 0 N–H and O–H groups in total. The van der Waals surface area contributed by atoms with Crippen molar-refractivity contribution in [3.8, 4) is 22.3 Å². The largest absolute Gasteiger partial charge is 0.456 e. The number of benzene rings is 8. The van der Waals surface area contributed by atoms with E-state index < -0.39 is 0 Å². The van der Waals surface area contributed by atoms with Gasteiger partial charge in [-0.2, -0.15) is 0 Å². The summed E-state index contributed by atoms with van der Waals surface area (Å²) in [5.74, 6) is 0. The van der Waals surface area contributed by atoms with E-state index in [1.54, 1.807) is 0 Å². The van der Waals surface area contributed by atoms with Crippen molar-refractivity contribution in [1.82, 2.24) is 0 Å². The first kappa shape index (κ1) is 27.9. The maximum absolute atomic E-state index is 6.38. The summed E-state index contributed by atoms with van der Waals surface area (Å²) in [5.41, 5.74) is 9.78. The number of furan rings is 1. The molecule has 49 heavy (non-hydrogen) atoms. The van der Waals surface area contributed by atoms with Crippen molar-refractivity contribution in [1.29, 1.82) is 0 Å². The highest BCUT2D eigenvalue weighted by molar-refractivity contribution is 7.26. The molecule has 2 aromatic heterocycles. The summed E-state index contributed by atoms with van der Waals surface area (Å²) in [7, 11) is 0. The Morgan fingerprint density at radius 1 is 0.388 bits per heavy atom. The van der Waals surface area contributed by atoms with Crippen LogP contribution in [0.25, 0.3) is 75.1 Å². The molecule has 230 valence electrons. The first-order valence-corrected chi connectivity index (χ1v) is 17.4. The van der Waals surface area contributed by atoms with Crippen LogP contribution in [0.1, 0.15) is 0 Å². The van der Waals surface area contributed by atoms with Gasteiger partial charge in [0.15, 0.2) is 0 Å². The smallest absolute Gasteiger partial charge is 0.136 e. The minimum atomic E-state index is 0.891. The monoisotopic (exact) mass is 643 g/mol. The molecule has 0 saturated heterocycles. The molecule has 0 amide bonds. The fourth-order valence-corrected chi connectivity index (χ4v) is 8.53. The van der Waals surface area contributed by atoms with Crippen LogP contribution in [0.3, 0.4) is 0 Å². The van der Waals surface area contributed by atoms with E-state index in [0.717, 1.165) is 50.1 Å². The lowest BCUT2D eigenvalue weighted by molar-refractivity contribution is 0.669. The van der Waals surface area contributed by atoms with Crippen molar-refractivity contribution in [2.45, 2.75) is 0 Å². The van der Waals surface area contributed by atoms with Crippen LogP contribution in [0.4, 0.5) is 17.1 Å². The summed E-state index contributed by atoms with van der Waals surface area (Å²) >= 11 is 1.85. The van der Waals surface area contributed by atoms with E-state index in [1.165, 1.54) is 42.1 Å². The Labute approximate surface area is 287 Å². The highest BCUT2D eigenvalue weighted by Crippen LogP contribution is 2.49. The van der Waals surface area contributed by atoms with Gasteiger partial charge >= 0.3 is 0 Å². The maximum Gasteiger partial charge on any atom is 0.136 e. The third-order valence-corrected chi connectivity index (χ3v) is 10.8. The van der Waals surface area contributed by atoms with Gasteiger partial charge in [0, 0.05) is 42.1 Å². The van der Waals surface area contributed by atoms with Gasteiger partial charge in [-0.15, -0.1) is 11.3 Å². The standard InChI is InChI=1S/C46H29NOS/c1-2-13-31-28-32(25-24-30(31)12-1)34-14-3-7-18-39(34)47(41-20-11-23-45-46(41)38-17-6-10-22-44(38)49-45)40-19-8-4-15-35(40)33-26-27-37-36-16-5-9-21-42(36)48-43(37)29-33/h1-29H. The molecule has 10 rings (SSSR count). The van der Waals surface area contributed by atoms with Crippen LogP contribution in [0.15, 0.2) is 180 Å². The van der Waals surface area contributed by atoms with Crippen LogP contribution in [0.2, 0.25) is 0 Å². The number of para-hydroxylation sites is 3. The fourth-order valence-electron chi connectivity index (χ4n) is 7.41. The summed E-state index contributed by atoms with van der Waals surface area (Å²) in [4.78, 5) is 2.48. The van der Waals surface area contributed by atoms with Crippen molar-refractivity contribution >= 4 is 81.3 Å². The van der Waals surface area contributed by atoms with Crippen molar-refractivity contribution in [3.63, 3.8) is 0 Å². The van der Waals surface area contributed by atoms with Crippen molar-refractivity contribution in [3.05, 3.63) is 176 Å². The van der Waals surface area contributed by atoms with Crippen LogP contribution in [-0.4, -0.2) is 0 Å². The molecule has 0 atom stereocenters. The summed E-state index contributed by atoms with van der Waals surface area (Å²) in [6.07, 6.45) is 0. The molecule has 0 spiro atoms. The van der Waals surface area contributed by atoms with Gasteiger partial charge in [-0.05, 0) is 76.5 Å². The number of fused-ring (bicyclic) bond motifs is 7. The number of nitrogens with zero attached hydrogens (tertiary/aromatic N) is 1. The molecule has 0 aliphatic rings. The molecule has 0 aliphatic heterocycles. The first-order valence-electron chi connectivity index (χ1n) is 16.6. The van der Waals surface area contributed by atoms with Crippen LogP contribution in [0.5, 0.6) is 0 Å². The molecule has 0 radical (unpaired) electrons. The average Bonchev–Trinajstić information content (AvgIpc) is 3.74. The second-order valence-corrected chi connectivity index (χ2v) is 13.6. The zero-order chi connectivity index (χ0) is 32.3. The van der Waals surface area contributed by atoms with Crippen molar-refractivity contribution in [2.75, 3.05) is 4.90 Å². The van der Waals surface area contributed by atoms with Gasteiger partial charge in [-0.25, -0.2) is 0 Å². The quantitative estimate of drug-likeness (QED) is 0.186. The fraction of sp³-hybridized carbons (Fsp3) is 0. The number of hydrogen-bond acceptors (Lipinski definition) is 3. The Morgan fingerprint density at radius 3 is 1.82 bits per heavy atom. The minimum Gasteiger partial charge on any atom is -0.456 e. The van der Waals surface area contributed by atoms with Crippen molar-refractivity contribution < 1.29 is 4.42 Å². The first-order chi connectivity index (χ1) is 24.3. The highest BCUT2D eigenvalue weighted by Gasteiger charge is 2.24. The third kappa shape index (κ3) is 4.55. The number of anilines is 3. The van der Waals surface area contributed by atoms with E-state index >= 15 is 0 Å². The summed E-state index contributed by atoms with van der Waals surface area (Å²) in [5, 5.41) is 7.27. The zero-order valence-corrected chi connectivity index (χ0v) is 27.3. The third-order valence-electron chi connectivity index (χ3n) is 9.66. The Morgan fingerprint density at radius 2 is 0.980 bits per heavy atom. The lowest BCUT2D eigenvalue weighted by Gasteiger charge is -2.30. The van der Waals surface area contributed by atoms with Crippen molar-refractivity contribution in [2.24, 2.45) is 0 Å². The molecular formula is C46H29NOS. The minimum absolute atomic E-state index is 0.891. The van der Waals surface area contributed by atoms with E-state index in [4.69, 9.17) is 4.42 Å². The van der Waals surface area contributed by atoms with Crippen LogP contribution in [0, 0.1) is 0 Å². The van der Waals surface area contributed by atoms with Crippen LogP contribution >= 0.6 is 11.3 Å². The predicted molar refractivity (Wildman–Crippen MR) is 210 cm³/mol. The summed E-state index contributed by atoms with van der Waals surface area (Å²) in [6.45, 7) is 0. The second kappa shape index (κ2) is 11.2. The number of hydrogen-bond donors (Lipinski definition) is 0. The molecule has 10 aromatic rings. The molecule has 0 aliphatic carbocycles. The van der Waals surface area contributed by atoms with Gasteiger partial charge in [-0.1, -0.05) is 121 Å². The van der Waals surface area contributed by atoms with Gasteiger partial charge in [0.25, 0.3) is 0 Å². The molecule has 3 heteroatoms. The van der Waals surface area contributed by atoms with Crippen LogP contribution in [-0.2, 0) is 0 Å².